The summed E-state index contributed by atoms with van der Waals surface area (Å²) in [4.78, 5) is 23.8. The topological polar surface area (TPSA) is 64.6 Å². The van der Waals surface area contributed by atoms with Crippen molar-refractivity contribution in [1.29, 1.82) is 0 Å². The lowest BCUT2D eigenvalue weighted by atomic mass is 10.0. The van der Waals surface area contributed by atoms with Crippen LogP contribution in [0.2, 0.25) is 0 Å². The third kappa shape index (κ3) is 4.09. The number of benzene rings is 2. The number of rotatable bonds is 4. The highest BCUT2D eigenvalue weighted by Gasteiger charge is 2.32. The zero-order chi connectivity index (χ0) is 18.0. The minimum atomic E-state index is -4.77. The van der Waals surface area contributed by atoms with Crippen molar-refractivity contribution in [3.63, 3.8) is 0 Å². The average molecular weight is 351 g/mol. The molecule has 0 saturated heterocycles. The Bertz CT molecular complexity index is 802. The lowest BCUT2D eigenvalue weighted by Crippen LogP contribution is -2.17. The Balaban J connectivity index is 1.61. The molecule has 2 aromatic carbocycles. The zero-order valence-electron chi connectivity index (χ0n) is 12.7. The van der Waals surface area contributed by atoms with Gasteiger partial charge in [-0.2, -0.15) is 0 Å². The maximum Gasteiger partial charge on any atom is 0.573 e. The average Bonchev–Trinajstić information content (AvgIpc) is 2.84. The number of anilines is 1. The van der Waals surface area contributed by atoms with Crippen molar-refractivity contribution >= 4 is 17.6 Å². The number of halogens is 3. The third-order valence-corrected chi connectivity index (χ3v) is 3.52. The van der Waals surface area contributed by atoms with Gasteiger partial charge in [-0.05, 0) is 30.3 Å². The molecule has 2 aromatic rings. The van der Waals surface area contributed by atoms with Gasteiger partial charge in [0.1, 0.15) is 11.9 Å². The second kappa shape index (κ2) is 6.46. The number of amides is 1. The lowest BCUT2D eigenvalue weighted by Gasteiger charge is -2.12. The Labute approximate surface area is 140 Å². The molecule has 1 aliphatic heterocycles. The molecular weight excluding hydrogens is 339 g/mol. The Hall–Kier alpha value is -3.03. The van der Waals surface area contributed by atoms with E-state index in [0.717, 1.165) is 12.1 Å². The Morgan fingerprint density at radius 2 is 1.80 bits per heavy atom. The summed E-state index contributed by atoms with van der Waals surface area (Å²) >= 11 is 0. The van der Waals surface area contributed by atoms with Crippen LogP contribution in [0.15, 0.2) is 48.5 Å². The van der Waals surface area contributed by atoms with Gasteiger partial charge >= 0.3 is 12.3 Å². The molecule has 1 N–H and O–H groups in total. The molecule has 0 spiro atoms. The second-order valence-electron chi connectivity index (χ2n) is 5.31. The van der Waals surface area contributed by atoms with Gasteiger partial charge in [0.25, 0.3) is 0 Å². The second-order valence-corrected chi connectivity index (χ2v) is 5.31. The molecule has 0 saturated carbocycles. The van der Waals surface area contributed by atoms with E-state index in [-0.39, 0.29) is 12.2 Å². The van der Waals surface area contributed by atoms with Gasteiger partial charge in [0, 0.05) is 11.3 Å². The van der Waals surface area contributed by atoms with Crippen molar-refractivity contribution in [2.45, 2.75) is 18.9 Å². The molecule has 25 heavy (non-hydrogen) atoms. The van der Waals surface area contributed by atoms with E-state index in [0.29, 0.717) is 16.8 Å². The molecule has 0 aromatic heterocycles. The van der Waals surface area contributed by atoms with Gasteiger partial charge in [0.2, 0.25) is 5.91 Å². The molecule has 5 nitrogen and oxygen atoms in total. The molecule has 130 valence electrons. The van der Waals surface area contributed by atoms with Crippen LogP contribution in [0.25, 0.3) is 0 Å². The fraction of sp³-hybridized carbons (Fsp3) is 0.176. The molecule has 0 radical (unpaired) electrons. The zero-order valence-corrected chi connectivity index (χ0v) is 12.7. The Morgan fingerprint density at radius 3 is 2.48 bits per heavy atom. The first kappa shape index (κ1) is 16.8. The van der Waals surface area contributed by atoms with Crippen molar-refractivity contribution in [2.24, 2.45) is 0 Å². The first-order valence-corrected chi connectivity index (χ1v) is 7.27. The number of esters is 1. The first-order valence-electron chi connectivity index (χ1n) is 7.27. The number of carbonyl (C=O) groups is 2. The smallest absolute Gasteiger partial charge is 0.453 e. The van der Waals surface area contributed by atoms with Crippen LogP contribution in [0.1, 0.15) is 28.4 Å². The van der Waals surface area contributed by atoms with Crippen molar-refractivity contribution in [1.82, 2.24) is 0 Å². The largest absolute Gasteiger partial charge is 0.573 e. The van der Waals surface area contributed by atoms with Gasteiger partial charge in [-0.25, -0.2) is 4.79 Å². The van der Waals surface area contributed by atoms with Gasteiger partial charge in [-0.3, -0.25) is 4.79 Å². The standard InChI is InChI=1S/C17H12F3NO4/c18-17(19,20)25-11-7-5-10(6-8-11)21-15(22)9-14-12-3-1-2-4-13(12)16(23)24-14/h1-8,14H,9H2,(H,21,22)/t14-/m1/s1. The molecule has 1 aliphatic rings. The summed E-state index contributed by atoms with van der Waals surface area (Å²) in [6.45, 7) is 0. The molecule has 0 unspecified atom stereocenters. The maximum atomic E-state index is 12.1. The van der Waals surface area contributed by atoms with Crippen molar-refractivity contribution in [3.05, 3.63) is 59.7 Å². The summed E-state index contributed by atoms with van der Waals surface area (Å²) < 4.78 is 45.2. The van der Waals surface area contributed by atoms with E-state index in [1.165, 1.54) is 12.1 Å². The molecule has 0 fully saturated rings. The molecule has 0 bridgehead atoms. The summed E-state index contributed by atoms with van der Waals surface area (Å²) in [5.41, 5.74) is 1.36. The highest BCUT2D eigenvalue weighted by molar-refractivity contribution is 5.96. The number of alkyl halides is 3. The van der Waals surface area contributed by atoms with Crippen LogP contribution in [0.4, 0.5) is 18.9 Å². The SMILES string of the molecule is O=C(C[C@H]1OC(=O)c2ccccc21)Nc1ccc(OC(F)(F)F)cc1. The van der Waals surface area contributed by atoms with Crippen LogP contribution in [0, 0.1) is 0 Å². The van der Waals surface area contributed by atoms with Gasteiger partial charge in [0.15, 0.2) is 0 Å². The van der Waals surface area contributed by atoms with Crippen molar-refractivity contribution in [2.75, 3.05) is 5.32 Å². The molecule has 1 heterocycles. The summed E-state index contributed by atoms with van der Waals surface area (Å²) in [5, 5.41) is 2.54. The fourth-order valence-corrected chi connectivity index (χ4v) is 2.49. The van der Waals surface area contributed by atoms with Crippen LogP contribution >= 0.6 is 0 Å². The summed E-state index contributed by atoms with van der Waals surface area (Å²) in [7, 11) is 0. The minimum Gasteiger partial charge on any atom is -0.453 e. The van der Waals surface area contributed by atoms with E-state index >= 15 is 0 Å². The lowest BCUT2D eigenvalue weighted by molar-refractivity contribution is -0.274. The number of ether oxygens (including phenoxy) is 2. The van der Waals surface area contributed by atoms with Gasteiger partial charge in [0.05, 0.1) is 12.0 Å². The molecule has 1 amide bonds. The van der Waals surface area contributed by atoms with Crippen molar-refractivity contribution < 1.29 is 32.2 Å². The Morgan fingerprint density at radius 1 is 1.12 bits per heavy atom. The van der Waals surface area contributed by atoms with Gasteiger partial charge in [-0.15, -0.1) is 13.2 Å². The minimum absolute atomic E-state index is 0.0937. The van der Waals surface area contributed by atoms with Gasteiger partial charge < -0.3 is 14.8 Å². The van der Waals surface area contributed by atoms with E-state index < -0.39 is 24.3 Å². The molecule has 3 rings (SSSR count). The maximum absolute atomic E-state index is 12.1. The molecular formula is C17H12F3NO4. The number of fused-ring (bicyclic) bond motifs is 1. The van der Waals surface area contributed by atoms with E-state index in [1.54, 1.807) is 24.3 Å². The fourth-order valence-electron chi connectivity index (χ4n) is 2.49. The molecule has 0 aliphatic carbocycles. The van der Waals surface area contributed by atoms with Crippen LogP contribution in [-0.4, -0.2) is 18.2 Å². The monoisotopic (exact) mass is 351 g/mol. The highest BCUT2D eigenvalue weighted by Crippen LogP contribution is 2.33. The summed E-state index contributed by atoms with van der Waals surface area (Å²) in [6, 6.07) is 11.5. The highest BCUT2D eigenvalue weighted by atomic mass is 19.4. The number of hydrogen-bond acceptors (Lipinski definition) is 4. The number of hydrogen-bond donors (Lipinski definition) is 1. The summed E-state index contributed by atoms with van der Waals surface area (Å²) in [5.74, 6) is -1.30. The number of nitrogens with one attached hydrogen (secondary N) is 1. The number of cyclic esters (lactones) is 1. The first-order chi connectivity index (χ1) is 11.8. The van der Waals surface area contributed by atoms with Crippen LogP contribution in [0.3, 0.4) is 0 Å². The Kier molecular flexibility index (Phi) is 4.35. The predicted octanol–water partition coefficient (Wildman–Crippen LogP) is 3.83. The van der Waals surface area contributed by atoms with E-state index in [4.69, 9.17) is 4.74 Å². The van der Waals surface area contributed by atoms with Crippen LogP contribution in [0.5, 0.6) is 5.75 Å². The van der Waals surface area contributed by atoms with Gasteiger partial charge in [-0.1, -0.05) is 18.2 Å². The predicted molar refractivity (Wildman–Crippen MR) is 81.0 cm³/mol. The third-order valence-electron chi connectivity index (χ3n) is 3.52. The van der Waals surface area contributed by atoms with Crippen molar-refractivity contribution in [3.8, 4) is 5.75 Å². The van der Waals surface area contributed by atoms with Crippen LogP contribution < -0.4 is 10.1 Å². The normalized spacial score (nSPS) is 16.1. The van der Waals surface area contributed by atoms with E-state index in [1.807, 2.05) is 0 Å². The van der Waals surface area contributed by atoms with E-state index in [9.17, 15) is 22.8 Å². The van der Waals surface area contributed by atoms with Crippen LogP contribution in [-0.2, 0) is 9.53 Å². The molecule has 8 heteroatoms. The number of carbonyl (C=O) groups excluding carboxylic acids is 2. The quantitative estimate of drug-likeness (QED) is 0.851. The summed E-state index contributed by atoms with van der Waals surface area (Å²) in [6.07, 6.45) is -5.55. The van der Waals surface area contributed by atoms with E-state index in [2.05, 4.69) is 10.1 Å². The molecule has 1 atom stereocenters.